The molecule has 0 fully saturated rings. The van der Waals surface area contributed by atoms with Crippen LogP contribution >= 0.6 is 15.8 Å². The molecule has 0 unspecified atom stereocenters. The van der Waals surface area contributed by atoms with Gasteiger partial charge in [-0.1, -0.05) is 135 Å². The minimum Gasteiger partial charge on any atom is -0.394 e. The first kappa shape index (κ1) is 88.6. The molecule has 0 spiro atoms. The van der Waals surface area contributed by atoms with Gasteiger partial charge in [0.25, 0.3) is 0 Å². The molecule has 104 heavy (non-hydrogen) atoms. The minimum absolute atomic E-state index is 0.123. The van der Waals surface area contributed by atoms with Gasteiger partial charge in [-0.2, -0.15) is 0 Å². The molecule has 5 aromatic carbocycles. The fraction of sp³-hybridized carbons (Fsp3) is 0.558. The molecule has 5 rings (SSSR count). The molecule has 0 saturated heterocycles. The lowest BCUT2D eigenvalue weighted by Gasteiger charge is -2.29. The maximum Gasteiger partial charge on any atom is 0.0733 e. The third kappa shape index (κ3) is 31.8. The summed E-state index contributed by atoms with van der Waals surface area (Å²) in [6.07, 6.45) is 20.4. The average molecular weight is 1460 g/mol. The van der Waals surface area contributed by atoms with Crippen LogP contribution < -0.4 is 31.8 Å². The van der Waals surface area contributed by atoms with Gasteiger partial charge in [-0.15, -0.1) is 0 Å². The van der Waals surface area contributed by atoms with E-state index in [1.807, 2.05) is 49.7 Å². The van der Waals surface area contributed by atoms with Crippen LogP contribution in [0.2, 0.25) is 0 Å². The van der Waals surface area contributed by atoms with E-state index in [-0.39, 0.29) is 149 Å². The minimum atomic E-state index is -1.70. The van der Waals surface area contributed by atoms with Gasteiger partial charge in [0.15, 0.2) is 0 Å². The summed E-state index contributed by atoms with van der Waals surface area (Å²) >= 11 is 0. The highest BCUT2D eigenvalue weighted by molar-refractivity contribution is 7.85. The van der Waals surface area contributed by atoms with Crippen molar-refractivity contribution in [1.29, 1.82) is 0 Å². The van der Waals surface area contributed by atoms with Gasteiger partial charge in [-0.05, 0) is 264 Å². The van der Waals surface area contributed by atoms with Crippen molar-refractivity contribution < 1.29 is 40.9 Å². The molecular weight excluding hydrogens is 1330 g/mol. The van der Waals surface area contributed by atoms with Crippen LogP contribution in [0.3, 0.4) is 0 Å². The number of aliphatic imine (C=N–C) groups is 8. The Bertz CT molecular complexity index is 2960. The second-order valence-electron chi connectivity index (χ2n) is 31.5. The van der Waals surface area contributed by atoms with Crippen LogP contribution in [0.25, 0.3) is 0 Å². The molecule has 5 aromatic rings. The molecule has 0 aliphatic rings. The summed E-state index contributed by atoms with van der Waals surface area (Å²) in [6, 6.07) is 31.7. The van der Waals surface area contributed by atoms with E-state index in [1.165, 1.54) is 0 Å². The maximum atomic E-state index is 10.8. The Hall–Kier alpha value is -6.00. The molecule has 0 radical (unpaired) electrons. The van der Waals surface area contributed by atoms with E-state index in [2.05, 4.69) is 208 Å². The molecule has 570 valence electrons. The average Bonchev–Trinajstić information content (AvgIpc) is 0.760. The van der Waals surface area contributed by atoms with Gasteiger partial charge in [0.05, 0.1) is 101 Å². The van der Waals surface area contributed by atoms with E-state index in [9.17, 15) is 40.9 Å². The van der Waals surface area contributed by atoms with Gasteiger partial charge in [-0.25, -0.2) is 0 Å². The van der Waals surface area contributed by atoms with Crippen molar-refractivity contribution in [1.82, 2.24) is 0 Å². The lowest BCUT2D eigenvalue weighted by Crippen LogP contribution is -2.35. The molecule has 8 N–H and O–H groups in total. The molecule has 8 atom stereocenters. The number of hydrogen-bond acceptors (Lipinski definition) is 16. The first-order chi connectivity index (χ1) is 49.7. The molecule has 0 saturated carbocycles. The third-order valence-electron chi connectivity index (χ3n) is 17.4. The van der Waals surface area contributed by atoms with Crippen molar-refractivity contribution in [3.8, 4) is 0 Å². The number of hydrogen-bond donors (Lipinski definition) is 8. The second-order valence-corrected chi connectivity index (χ2v) is 35.9. The fourth-order valence-electron chi connectivity index (χ4n) is 12.8. The van der Waals surface area contributed by atoms with Crippen molar-refractivity contribution in [2.45, 2.75) is 210 Å². The molecule has 16 nitrogen and oxygen atoms in total. The Kier molecular flexibility index (Phi) is 40.0. The molecule has 0 heterocycles. The number of aliphatic hydroxyl groups excluding tert-OH is 8. The van der Waals surface area contributed by atoms with Crippen LogP contribution in [0.1, 0.15) is 207 Å². The first-order valence-corrected chi connectivity index (χ1v) is 40.8. The summed E-state index contributed by atoms with van der Waals surface area (Å²) < 4.78 is 0. The molecule has 0 aliphatic carbocycles. The smallest absolute Gasteiger partial charge is 0.0733 e. The highest BCUT2D eigenvalue weighted by atomic mass is 31.1. The Morgan fingerprint density at radius 1 is 0.231 bits per heavy atom. The Morgan fingerprint density at radius 3 is 0.481 bits per heavy atom. The lowest BCUT2D eigenvalue weighted by molar-refractivity contribution is 0.251. The highest BCUT2D eigenvalue weighted by Crippen LogP contribution is 2.41. The quantitative estimate of drug-likeness (QED) is 0.0137. The van der Waals surface area contributed by atoms with Crippen molar-refractivity contribution in [3.05, 3.63) is 142 Å². The van der Waals surface area contributed by atoms with Gasteiger partial charge in [-0.3, -0.25) is 39.9 Å². The summed E-state index contributed by atoms with van der Waals surface area (Å²) in [7, 11) is -3.40. The van der Waals surface area contributed by atoms with Crippen LogP contribution in [0.5, 0.6) is 0 Å². The number of nitrogens with zero attached hydrogens (tertiary/aromatic N) is 8. The molecule has 18 heteroatoms. The van der Waals surface area contributed by atoms with Gasteiger partial charge in [0, 0.05) is 49.7 Å². The predicted molar refractivity (Wildman–Crippen MR) is 447 cm³/mol. The summed E-state index contributed by atoms with van der Waals surface area (Å²) in [5.41, 5.74) is 6.35. The summed E-state index contributed by atoms with van der Waals surface area (Å²) in [5, 5.41) is 92.0. The van der Waals surface area contributed by atoms with E-state index in [0.29, 0.717) is 51.4 Å². The summed E-state index contributed by atoms with van der Waals surface area (Å²) in [6.45, 7) is 33.0. The van der Waals surface area contributed by atoms with E-state index < -0.39 is 15.8 Å². The lowest BCUT2D eigenvalue weighted by atomic mass is 10.0. The van der Waals surface area contributed by atoms with E-state index >= 15 is 0 Å². The van der Waals surface area contributed by atoms with E-state index in [0.717, 1.165) is 76.3 Å². The summed E-state index contributed by atoms with van der Waals surface area (Å²) in [5.74, 6) is 2.23. The summed E-state index contributed by atoms with van der Waals surface area (Å²) in [4.78, 5) is 40.6. The van der Waals surface area contributed by atoms with Crippen molar-refractivity contribution in [2.75, 3.05) is 52.9 Å². The zero-order valence-corrected chi connectivity index (χ0v) is 67.2. The highest BCUT2D eigenvalue weighted by Gasteiger charge is 2.29. The van der Waals surface area contributed by atoms with Crippen LogP contribution in [0.4, 0.5) is 0 Å². The van der Waals surface area contributed by atoms with Gasteiger partial charge < -0.3 is 40.9 Å². The zero-order chi connectivity index (χ0) is 76.4. The molecule has 0 aromatic heterocycles. The Labute approximate surface area is 627 Å². The monoisotopic (exact) mass is 1460 g/mol. The molecule has 0 amide bonds. The van der Waals surface area contributed by atoms with E-state index in [4.69, 9.17) is 39.9 Å². The topological polar surface area (TPSA) is 261 Å². The zero-order valence-electron chi connectivity index (χ0n) is 65.5. The number of benzene rings is 5. The third-order valence-corrected chi connectivity index (χ3v) is 22.4. The second kappa shape index (κ2) is 46.9. The van der Waals surface area contributed by atoms with E-state index in [1.54, 1.807) is 0 Å². The predicted octanol–water partition coefficient (Wildman–Crippen LogP) is 11.8. The van der Waals surface area contributed by atoms with Crippen LogP contribution in [-0.4, -0.2) is 192 Å². The van der Waals surface area contributed by atoms with Crippen LogP contribution in [-0.2, 0) is 0 Å². The van der Waals surface area contributed by atoms with Crippen molar-refractivity contribution in [3.63, 3.8) is 0 Å². The molecular formula is C86H128N8O8P2. The SMILES string of the molecule is CC(C)C[C@H](CO)N=Cc1cc(C=N[C@@H](CO)CC(C)C)cc(P(c2cc(C=N[C@@H](CO)CC(C)C)cc(C=N[C@@H](CO)CC(C)C)c2)c2ccccc2P(c2cc(C=N[C@@H](CO)CC(C)C)cc(C=N[C@@H](CO)CC(C)C)c2)c2cc(C=N[C@@H](CO)CC(C)C)cc(C=N[C@@H](CO)CC(C)C)c2)c1. The van der Waals surface area contributed by atoms with Gasteiger partial charge in [0.2, 0.25) is 0 Å². The van der Waals surface area contributed by atoms with Gasteiger partial charge in [0.1, 0.15) is 0 Å². The molecule has 0 bridgehead atoms. The van der Waals surface area contributed by atoms with Gasteiger partial charge >= 0.3 is 0 Å². The normalized spacial score (nSPS) is 15.9. The van der Waals surface area contributed by atoms with Crippen molar-refractivity contribution >= 4 is 97.4 Å². The molecule has 0 aliphatic heterocycles. The Balaban J connectivity index is 2.18. The standard InChI is InChI=1S/C86H128N8O8P2/c1-57(2)21-73(49-95)87-41-65-29-66(42-88-74(50-96)22-58(3)4)34-81(33-65)103(82-35-67(43-89-75(51-97)23-59(5)6)30-68(36-82)44-90-76(52-98)24-60(7)8)85-19-17-18-20-86(85)104(83-37-69(45-91-77(53-99)25-61(9)10)31-70(38-83)46-92-78(54-100)26-62(11)12)84-39-71(47-93-79(55-101)27-63(13)14)32-72(40-84)48-94-80(56-102)28-64(15)16/h17-20,29-48,57-64,73-80,95-102H,21-28,49-56H2,1-16H3/t73-,74-,75-,76-,77-,78-,79-,80-,103?,104?/m1/s1. The van der Waals surface area contributed by atoms with Crippen LogP contribution in [0.15, 0.2) is 137 Å². The number of rotatable bonds is 46. The van der Waals surface area contributed by atoms with Crippen molar-refractivity contribution in [2.24, 2.45) is 87.3 Å². The Morgan fingerprint density at radius 2 is 0.365 bits per heavy atom. The maximum absolute atomic E-state index is 10.8. The van der Waals surface area contributed by atoms with Crippen LogP contribution in [0, 0.1) is 47.3 Å². The largest absolute Gasteiger partial charge is 0.394 e. The first-order valence-electron chi connectivity index (χ1n) is 38.1. The number of aliphatic hydroxyl groups is 8. The fourth-order valence-corrected chi connectivity index (χ4v) is 18.4.